The highest BCUT2D eigenvalue weighted by Gasteiger charge is 2.54. The molecular weight excluding hydrogens is 1600 g/mol. The molecule has 20 rings (SSSR count). The number of ether oxygens (including phenoxy) is 2. The van der Waals surface area contributed by atoms with Gasteiger partial charge in [0, 0.05) is 128 Å². The van der Waals surface area contributed by atoms with E-state index in [0.717, 1.165) is 108 Å². The topological polar surface area (TPSA) is 350 Å². The summed E-state index contributed by atoms with van der Waals surface area (Å²) >= 11 is 0. The molecule has 125 heavy (non-hydrogen) atoms. The monoisotopic (exact) mass is 1680 g/mol. The molecule has 0 radical (unpaired) electrons. The molecule has 12 aromatic carbocycles. The van der Waals surface area contributed by atoms with Gasteiger partial charge in [-0.1, -0.05) is 97.1 Å². The number of imide groups is 4. The Bertz CT molecular complexity index is 6840. The van der Waals surface area contributed by atoms with E-state index < -0.39 is 82.7 Å². The summed E-state index contributed by atoms with van der Waals surface area (Å²) in [5.41, 5.74) is 4.69. The van der Waals surface area contributed by atoms with Gasteiger partial charge in [-0.3, -0.25) is 38.4 Å². The highest BCUT2D eigenvalue weighted by molar-refractivity contribution is 6.24. The smallest absolute Gasteiger partial charge is 0.364 e. The standard InChI is InChI=1S/C32H34N3O5.C25H15NO9.C21H13NO4.C19H13NO4/c1-5-33(6-2)21-13-15-25-27(19-21)39-28-20-22(34(7-3)8-4)14-16-26(28)31(25)23-11-9-10-12-24(23)32(38)40-35-29(36)17-18-30(35)37;27-13-2-5-17-19(10-13)33-20-11-14(28)3-6-18(20)25(17)16-4-1-12(9-15(16)24(32)34-25)23(31)35-26-21(29)7-8-22(26)30;23-17-8-9-18(24)22(17)26-21(25)16-10-14-6-4-12-2-1-3-13-5-7-15(11-16)20(14)19(12)13;21-17-7-8-18(22)20(17)24-19(23)15-6-5-14-9-12-3-1-2-4-13(12)10-16(14)11-15/h9-16,19-20H,5-8,17-18H2,1-4H3;1-6,9-11,27-28H,7-8H2;1-7,10-11H,8-9H2;1-6,9-11H,7-8H2/q+1;;;. The molecule has 1 aliphatic carbocycles. The number of hydrogen-bond acceptors (Lipinski definition) is 23. The summed E-state index contributed by atoms with van der Waals surface area (Å²) in [5.74, 6) is -7.13. The van der Waals surface area contributed by atoms with Crippen molar-refractivity contribution in [2.45, 2.75) is 84.7 Å². The minimum Gasteiger partial charge on any atom is -0.508 e. The van der Waals surface area contributed by atoms with E-state index in [2.05, 4.69) is 61.4 Å². The van der Waals surface area contributed by atoms with Crippen molar-refractivity contribution in [3.05, 3.63) is 274 Å². The van der Waals surface area contributed by atoms with Crippen LogP contribution in [-0.2, 0) is 68.0 Å². The second-order valence-electron chi connectivity index (χ2n) is 30.1. The van der Waals surface area contributed by atoms with Crippen molar-refractivity contribution < 1.29 is 106 Å². The molecule has 12 aromatic rings. The molecule has 28 heteroatoms. The summed E-state index contributed by atoms with van der Waals surface area (Å²) in [4.78, 5) is 181. The normalized spacial score (nSPS) is 14.9. The number of hydrogen-bond donors (Lipinski definition) is 2. The van der Waals surface area contributed by atoms with Gasteiger partial charge < -0.3 is 48.4 Å². The maximum atomic E-state index is 13.4. The zero-order valence-corrected chi connectivity index (χ0v) is 67.6. The Balaban J connectivity index is 0.000000120. The van der Waals surface area contributed by atoms with E-state index in [1.165, 1.54) is 42.5 Å². The first-order valence-corrected chi connectivity index (χ1v) is 40.5. The molecule has 8 aliphatic rings. The van der Waals surface area contributed by atoms with Crippen molar-refractivity contribution in [1.82, 2.24) is 24.8 Å². The van der Waals surface area contributed by atoms with Gasteiger partial charge in [0.05, 0.1) is 33.9 Å². The van der Waals surface area contributed by atoms with Crippen LogP contribution in [0.5, 0.6) is 23.0 Å². The maximum absolute atomic E-state index is 13.4. The summed E-state index contributed by atoms with van der Waals surface area (Å²) in [7, 11) is 0. The first-order valence-electron chi connectivity index (χ1n) is 40.5. The third kappa shape index (κ3) is 15.2. The summed E-state index contributed by atoms with van der Waals surface area (Å²) in [6.45, 7) is 11.9. The lowest BCUT2D eigenvalue weighted by atomic mass is 9.77. The molecule has 7 heterocycles. The van der Waals surface area contributed by atoms with E-state index in [4.69, 9.17) is 33.2 Å². The number of esters is 1. The van der Waals surface area contributed by atoms with Crippen LogP contribution in [0.15, 0.2) is 229 Å². The van der Waals surface area contributed by atoms with Crippen LogP contribution >= 0.6 is 0 Å². The first kappa shape index (κ1) is 81.4. The van der Waals surface area contributed by atoms with E-state index >= 15 is 0 Å². The first-order chi connectivity index (χ1) is 60.4. The lowest BCUT2D eigenvalue weighted by Gasteiger charge is -2.36. The van der Waals surface area contributed by atoms with Crippen molar-refractivity contribution in [2.24, 2.45) is 0 Å². The molecular formula is C97H75N6O22+. The van der Waals surface area contributed by atoms with Gasteiger partial charge in [0.25, 0.3) is 47.3 Å². The van der Waals surface area contributed by atoms with Gasteiger partial charge >= 0.3 is 29.8 Å². The van der Waals surface area contributed by atoms with Crippen LogP contribution in [0.4, 0.5) is 5.69 Å². The highest BCUT2D eigenvalue weighted by atomic mass is 16.7. The Labute approximate surface area is 710 Å². The molecule has 0 bridgehead atoms. The summed E-state index contributed by atoms with van der Waals surface area (Å²) in [6, 6.07) is 67.0. The fourth-order valence-corrected chi connectivity index (χ4v) is 16.5. The minimum absolute atomic E-state index is 0.0347. The largest absolute Gasteiger partial charge is 0.508 e. The van der Waals surface area contributed by atoms with E-state index in [9.17, 15) is 72.5 Å². The zero-order chi connectivity index (χ0) is 87.4. The highest BCUT2D eigenvalue weighted by Crippen LogP contribution is 2.57. The Kier molecular flexibility index (Phi) is 21.6. The summed E-state index contributed by atoms with van der Waals surface area (Å²) in [5, 5.41) is 34.4. The Morgan fingerprint density at radius 2 is 0.832 bits per heavy atom. The average molecular weight is 1680 g/mol. The van der Waals surface area contributed by atoms with E-state index in [1.54, 1.807) is 48.5 Å². The second-order valence-corrected chi connectivity index (χ2v) is 30.1. The Morgan fingerprint density at radius 1 is 0.392 bits per heavy atom. The summed E-state index contributed by atoms with van der Waals surface area (Å²) < 4.78 is 20.6. The van der Waals surface area contributed by atoms with Crippen LogP contribution in [0.3, 0.4) is 0 Å². The van der Waals surface area contributed by atoms with Gasteiger partial charge in [-0.05, 0) is 184 Å². The SMILES string of the molecule is CCN(CC)c1ccc2c(-c3ccccc3C(=O)ON3C(=O)CCC3=O)c3ccc(=[N+](CC)CC)cc-3oc2c1.O=C(ON1C(=O)CCC1=O)c1cc2ccc3cccc4ccc(c1)c2c34.O=C(ON1C(=O)CCC1=O)c1ccc2c(c1)C(=O)OC21c2ccc(O)cc2Oc2cc(O)ccc21.O=C(ON1C(=O)CCC1=O)c1ccc2cc3ccccc3cc2c1. The Morgan fingerprint density at radius 3 is 1.37 bits per heavy atom. The van der Waals surface area contributed by atoms with Crippen molar-refractivity contribution in [1.29, 1.82) is 0 Å². The van der Waals surface area contributed by atoms with Crippen LogP contribution in [0, 0.1) is 0 Å². The molecule has 2 N–H and O–H groups in total. The molecule has 4 fully saturated rings. The molecule has 0 saturated carbocycles. The van der Waals surface area contributed by atoms with Gasteiger partial charge in [0.15, 0.2) is 5.60 Å². The maximum Gasteiger partial charge on any atom is 0.364 e. The minimum atomic E-state index is -1.47. The van der Waals surface area contributed by atoms with Crippen LogP contribution in [-0.4, -0.2) is 134 Å². The molecule has 4 saturated heterocycles. The number of carbonyl (C=O) groups excluding carboxylic acids is 13. The van der Waals surface area contributed by atoms with Crippen LogP contribution in [0.2, 0.25) is 0 Å². The van der Waals surface area contributed by atoms with Crippen molar-refractivity contribution in [2.75, 3.05) is 31.1 Å². The van der Waals surface area contributed by atoms with Gasteiger partial charge in [-0.25, -0.2) is 28.5 Å². The number of rotatable bonds is 14. The number of fused-ring (bicyclic) bond motifs is 10. The van der Waals surface area contributed by atoms with Crippen molar-refractivity contribution >= 4 is 148 Å². The van der Waals surface area contributed by atoms with Crippen LogP contribution in [0.1, 0.15) is 148 Å². The number of carbonyl (C=O) groups is 13. The molecule has 1 spiro atoms. The molecule has 7 aliphatic heterocycles. The number of phenols is 2. The number of anilines is 1. The molecule has 0 aromatic heterocycles. The van der Waals surface area contributed by atoms with Crippen LogP contribution in [0.25, 0.3) is 87.3 Å². The second kappa shape index (κ2) is 33.2. The molecule has 0 atom stereocenters. The van der Waals surface area contributed by atoms with Crippen molar-refractivity contribution in [3.8, 4) is 45.4 Å². The third-order valence-electron chi connectivity index (χ3n) is 22.7. The van der Waals surface area contributed by atoms with E-state index in [-0.39, 0.29) is 91.1 Å². The fourth-order valence-electron chi connectivity index (χ4n) is 16.5. The fraction of sp³-hybridized carbons (Fsp3) is 0.175. The lowest BCUT2D eigenvalue weighted by Crippen LogP contribution is -2.33. The van der Waals surface area contributed by atoms with Gasteiger partial charge in [0.2, 0.25) is 5.36 Å². The van der Waals surface area contributed by atoms with Gasteiger partial charge in [-0.15, -0.1) is 20.3 Å². The van der Waals surface area contributed by atoms with E-state index in [1.807, 2.05) is 109 Å². The molecule has 0 unspecified atom stereocenters. The van der Waals surface area contributed by atoms with Gasteiger partial charge in [-0.2, -0.15) is 0 Å². The predicted molar refractivity (Wildman–Crippen MR) is 454 cm³/mol. The number of nitrogens with zero attached hydrogens (tertiary/aromatic N) is 6. The third-order valence-corrected chi connectivity index (χ3v) is 22.7. The lowest BCUT2D eigenvalue weighted by molar-refractivity contribution is -0.173. The number of phenolic OH excluding ortho intramolecular Hbond substituents is 2. The van der Waals surface area contributed by atoms with E-state index in [0.29, 0.717) is 65.0 Å². The average Bonchev–Trinajstić information content (AvgIpc) is 1.56. The predicted octanol–water partition coefficient (Wildman–Crippen LogP) is 15.0. The molecule has 8 amide bonds. The number of hydroxylamine groups is 8. The van der Waals surface area contributed by atoms with Crippen LogP contribution < -0.4 is 19.6 Å². The van der Waals surface area contributed by atoms with Gasteiger partial charge in [0.1, 0.15) is 47.4 Å². The van der Waals surface area contributed by atoms with Crippen molar-refractivity contribution in [3.63, 3.8) is 0 Å². The quantitative estimate of drug-likeness (QED) is 0.0336. The number of aromatic hydroxyl groups is 2. The Hall–Kier alpha value is -16.0. The summed E-state index contributed by atoms with van der Waals surface area (Å²) in [6.07, 6.45) is 0.291. The zero-order valence-electron chi connectivity index (χ0n) is 67.6. The number of benzene rings is 13. The number of amides is 8. The molecule has 624 valence electrons. The molecule has 28 nitrogen and oxygen atoms in total.